The van der Waals surface area contributed by atoms with Gasteiger partial charge in [0, 0.05) is 17.1 Å². The molecule has 1 unspecified atom stereocenters. The van der Waals surface area contributed by atoms with Crippen LogP contribution >= 0.6 is 15.9 Å². The number of rotatable bonds is 3. The van der Waals surface area contributed by atoms with Gasteiger partial charge in [-0.15, -0.1) is 0 Å². The third-order valence-electron chi connectivity index (χ3n) is 3.95. The van der Waals surface area contributed by atoms with E-state index in [1.54, 1.807) is 0 Å². The second-order valence-electron chi connectivity index (χ2n) is 5.31. The van der Waals surface area contributed by atoms with Crippen LogP contribution in [0.2, 0.25) is 0 Å². The summed E-state index contributed by atoms with van der Waals surface area (Å²) in [5, 5.41) is 0. The summed E-state index contributed by atoms with van der Waals surface area (Å²) in [7, 11) is 0. The number of nitrogens with zero attached hydrogens (tertiary/aromatic N) is 3. The lowest BCUT2D eigenvalue weighted by molar-refractivity contribution is 0.238. The van der Waals surface area contributed by atoms with Crippen LogP contribution in [0, 0.1) is 0 Å². The summed E-state index contributed by atoms with van der Waals surface area (Å²) >= 11 is 3.52. The number of likely N-dealkylation sites (tertiary alicyclic amines) is 1. The predicted molar refractivity (Wildman–Crippen MR) is 82.1 cm³/mol. The molecule has 1 aliphatic heterocycles. The van der Waals surface area contributed by atoms with Crippen molar-refractivity contribution in [2.24, 2.45) is 0 Å². The van der Waals surface area contributed by atoms with Crippen molar-refractivity contribution in [1.82, 2.24) is 14.5 Å². The fourth-order valence-electron chi connectivity index (χ4n) is 2.87. The summed E-state index contributed by atoms with van der Waals surface area (Å²) < 4.78 is 3.19. The van der Waals surface area contributed by atoms with Gasteiger partial charge in [-0.05, 0) is 51.1 Å². The minimum atomic E-state index is 0.501. The maximum atomic E-state index is 6.07. The van der Waals surface area contributed by atoms with Crippen LogP contribution in [0.15, 0.2) is 22.7 Å². The molecule has 0 radical (unpaired) electrons. The van der Waals surface area contributed by atoms with Gasteiger partial charge in [0.2, 0.25) is 5.95 Å². The van der Waals surface area contributed by atoms with Crippen molar-refractivity contribution in [1.29, 1.82) is 0 Å². The summed E-state index contributed by atoms with van der Waals surface area (Å²) in [6.45, 7) is 5.59. The van der Waals surface area contributed by atoms with Crippen molar-refractivity contribution in [3.05, 3.63) is 22.7 Å². The minimum absolute atomic E-state index is 0.501. The number of halogens is 1. The molecule has 102 valence electrons. The molecule has 19 heavy (non-hydrogen) atoms. The number of nitrogens with two attached hydrogens (primary N) is 1. The van der Waals surface area contributed by atoms with Crippen LogP contribution in [-0.2, 0) is 6.54 Å². The molecule has 0 saturated carbocycles. The van der Waals surface area contributed by atoms with Crippen LogP contribution in [0.1, 0.15) is 19.8 Å². The first kappa shape index (κ1) is 12.9. The van der Waals surface area contributed by atoms with Gasteiger partial charge in [0.25, 0.3) is 0 Å². The first-order chi connectivity index (χ1) is 9.15. The quantitative estimate of drug-likeness (QED) is 0.945. The van der Waals surface area contributed by atoms with Crippen molar-refractivity contribution in [2.45, 2.75) is 32.4 Å². The Labute approximate surface area is 121 Å². The molecule has 0 aliphatic carbocycles. The van der Waals surface area contributed by atoms with E-state index in [4.69, 9.17) is 5.73 Å². The fraction of sp³-hybridized carbons (Fsp3) is 0.500. The van der Waals surface area contributed by atoms with Gasteiger partial charge in [-0.25, -0.2) is 4.98 Å². The zero-order valence-electron chi connectivity index (χ0n) is 11.1. The van der Waals surface area contributed by atoms with Crippen LogP contribution in [0.4, 0.5) is 5.95 Å². The van der Waals surface area contributed by atoms with Crippen molar-refractivity contribution in [3.8, 4) is 0 Å². The number of nitrogen functional groups attached to an aromatic ring is 1. The minimum Gasteiger partial charge on any atom is -0.369 e. The smallest absolute Gasteiger partial charge is 0.201 e. The second kappa shape index (κ2) is 5.13. The van der Waals surface area contributed by atoms with Gasteiger partial charge in [0.15, 0.2) is 0 Å². The van der Waals surface area contributed by atoms with E-state index in [-0.39, 0.29) is 0 Å². The summed E-state index contributed by atoms with van der Waals surface area (Å²) in [6.07, 6.45) is 2.63. The van der Waals surface area contributed by atoms with E-state index in [1.165, 1.54) is 25.9 Å². The number of benzene rings is 1. The molecule has 1 aromatic heterocycles. The van der Waals surface area contributed by atoms with E-state index in [0.29, 0.717) is 12.0 Å². The predicted octanol–water partition coefficient (Wildman–Crippen LogP) is 2.87. The maximum absolute atomic E-state index is 6.07. The fourth-order valence-corrected chi connectivity index (χ4v) is 3.22. The average Bonchev–Trinajstić information content (AvgIpc) is 2.99. The molecule has 1 saturated heterocycles. The Hall–Kier alpha value is -1.07. The highest BCUT2D eigenvalue weighted by Gasteiger charge is 2.20. The van der Waals surface area contributed by atoms with Gasteiger partial charge in [-0.3, -0.25) is 4.90 Å². The Morgan fingerprint density at radius 1 is 1.37 bits per heavy atom. The van der Waals surface area contributed by atoms with Crippen molar-refractivity contribution < 1.29 is 0 Å². The lowest BCUT2D eigenvalue weighted by Crippen LogP contribution is -2.33. The zero-order chi connectivity index (χ0) is 13.4. The molecule has 0 bridgehead atoms. The van der Waals surface area contributed by atoms with Crippen LogP contribution in [0.25, 0.3) is 11.0 Å². The highest BCUT2D eigenvalue weighted by Crippen LogP contribution is 2.23. The highest BCUT2D eigenvalue weighted by atomic mass is 79.9. The second-order valence-corrected chi connectivity index (χ2v) is 6.22. The Bertz CT molecular complexity index is 586. The number of aromatic nitrogens is 2. The first-order valence-corrected chi connectivity index (χ1v) is 7.60. The van der Waals surface area contributed by atoms with Crippen LogP contribution < -0.4 is 5.73 Å². The number of fused-ring (bicyclic) bond motifs is 1. The third kappa shape index (κ3) is 2.49. The van der Waals surface area contributed by atoms with Crippen LogP contribution in [0.3, 0.4) is 0 Å². The largest absolute Gasteiger partial charge is 0.369 e. The SMILES string of the molecule is CC(Cn1c(N)nc2ccc(Br)cc21)N1CCCC1. The van der Waals surface area contributed by atoms with Gasteiger partial charge < -0.3 is 10.3 Å². The Balaban J connectivity index is 1.90. The summed E-state index contributed by atoms with van der Waals surface area (Å²) in [5.74, 6) is 0.610. The highest BCUT2D eigenvalue weighted by molar-refractivity contribution is 9.10. The van der Waals surface area contributed by atoms with Crippen molar-refractivity contribution in [2.75, 3.05) is 18.8 Å². The van der Waals surface area contributed by atoms with Crippen molar-refractivity contribution in [3.63, 3.8) is 0 Å². The van der Waals surface area contributed by atoms with E-state index in [0.717, 1.165) is 22.1 Å². The normalized spacial score (nSPS) is 18.2. The molecule has 1 aromatic carbocycles. The lowest BCUT2D eigenvalue weighted by Gasteiger charge is -2.24. The summed E-state index contributed by atoms with van der Waals surface area (Å²) in [5.41, 5.74) is 8.14. The Kier molecular flexibility index (Phi) is 3.50. The molecule has 3 rings (SSSR count). The third-order valence-corrected chi connectivity index (χ3v) is 4.44. The molecule has 1 aliphatic rings. The monoisotopic (exact) mass is 322 g/mol. The number of hydrogen-bond donors (Lipinski definition) is 1. The summed E-state index contributed by atoms with van der Waals surface area (Å²) in [6, 6.07) is 6.60. The standard InChI is InChI=1S/C14H19BrN4/c1-10(18-6-2-3-7-18)9-19-13-8-11(15)4-5-12(13)17-14(19)16/h4-5,8,10H,2-3,6-7,9H2,1H3,(H2,16,17). The topological polar surface area (TPSA) is 47.1 Å². The lowest BCUT2D eigenvalue weighted by atomic mass is 10.2. The van der Waals surface area contributed by atoms with Gasteiger partial charge >= 0.3 is 0 Å². The van der Waals surface area contributed by atoms with Gasteiger partial charge in [-0.2, -0.15) is 0 Å². The summed E-state index contributed by atoms with van der Waals surface area (Å²) in [4.78, 5) is 6.97. The first-order valence-electron chi connectivity index (χ1n) is 6.80. The molecule has 1 fully saturated rings. The van der Waals surface area contributed by atoms with E-state index in [9.17, 15) is 0 Å². The molecular formula is C14H19BrN4. The van der Waals surface area contributed by atoms with Crippen LogP contribution in [-0.4, -0.2) is 33.6 Å². The van der Waals surface area contributed by atoms with E-state index in [2.05, 4.69) is 43.4 Å². The maximum Gasteiger partial charge on any atom is 0.201 e. The molecule has 5 heteroatoms. The molecule has 2 N–H and O–H groups in total. The molecule has 2 heterocycles. The van der Waals surface area contributed by atoms with Crippen LogP contribution in [0.5, 0.6) is 0 Å². The molecule has 4 nitrogen and oxygen atoms in total. The van der Waals surface area contributed by atoms with Gasteiger partial charge in [0.05, 0.1) is 11.0 Å². The van der Waals surface area contributed by atoms with Gasteiger partial charge in [-0.1, -0.05) is 15.9 Å². The molecule has 1 atom stereocenters. The number of anilines is 1. The molecular weight excluding hydrogens is 304 g/mol. The number of imidazole rings is 1. The Morgan fingerprint density at radius 3 is 2.84 bits per heavy atom. The van der Waals surface area contributed by atoms with E-state index >= 15 is 0 Å². The molecule has 2 aromatic rings. The Morgan fingerprint density at radius 2 is 2.11 bits per heavy atom. The van der Waals surface area contributed by atoms with Crippen molar-refractivity contribution >= 4 is 32.9 Å². The van der Waals surface area contributed by atoms with E-state index < -0.39 is 0 Å². The molecule has 0 amide bonds. The molecule has 0 spiro atoms. The number of hydrogen-bond acceptors (Lipinski definition) is 3. The van der Waals surface area contributed by atoms with E-state index in [1.807, 2.05) is 12.1 Å². The average molecular weight is 323 g/mol. The zero-order valence-corrected chi connectivity index (χ0v) is 12.7. The van der Waals surface area contributed by atoms with Gasteiger partial charge in [0.1, 0.15) is 0 Å².